The van der Waals surface area contributed by atoms with Gasteiger partial charge in [0.25, 0.3) is 0 Å². The van der Waals surface area contributed by atoms with Crippen molar-refractivity contribution in [1.29, 1.82) is 0 Å². The molecule has 1 atom stereocenters. The van der Waals surface area contributed by atoms with E-state index in [1.165, 1.54) is 0 Å². The number of carbonyl (C=O) groups excluding carboxylic acids is 1. The minimum Gasteiger partial charge on any atom is -0.344 e. The molecule has 1 aliphatic carbocycles. The molecule has 1 N–H and O–H groups in total. The number of nitrogens with one attached hydrogen (secondary N) is 1. The van der Waals surface area contributed by atoms with E-state index in [0.29, 0.717) is 0 Å². The molecule has 0 bridgehead atoms. The van der Waals surface area contributed by atoms with Gasteiger partial charge in [-0.05, 0) is 53.8 Å². The lowest BCUT2D eigenvalue weighted by Crippen LogP contribution is -2.51. The Labute approximate surface area is 174 Å². The van der Waals surface area contributed by atoms with Crippen LogP contribution in [0.25, 0.3) is 11.0 Å². The third kappa shape index (κ3) is 3.75. The van der Waals surface area contributed by atoms with Gasteiger partial charge in [-0.3, -0.25) is 4.79 Å². The highest BCUT2D eigenvalue weighted by Gasteiger charge is 2.43. The Kier molecular flexibility index (Phi) is 5.84. The quantitative estimate of drug-likeness (QED) is 0.640. The van der Waals surface area contributed by atoms with Crippen LogP contribution in [0.4, 0.5) is 0 Å². The smallest absolute Gasteiger partial charge is 0.248 e. The average Bonchev–Trinajstić information content (AvgIpc) is 3.41. The number of aromatic nitrogens is 6. The van der Waals surface area contributed by atoms with Gasteiger partial charge in [0.1, 0.15) is 17.7 Å². The summed E-state index contributed by atoms with van der Waals surface area (Å²) in [6, 6.07) is 7.91. The summed E-state index contributed by atoms with van der Waals surface area (Å²) in [6.45, 7) is 0. The minimum absolute atomic E-state index is 0.0114. The molecule has 0 saturated heterocycles. The van der Waals surface area contributed by atoms with Gasteiger partial charge in [0.05, 0.1) is 17.1 Å². The molecule has 9 heteroatoms. The minimum atomic E-state index is -0.718. The van der Waals surface area contributed by atoms with E-state index in [1.807, 2.05) is 25.2 Å². The van der Waals surface area contributed by atoms with E-state index in [0.717, 1.165) is 61.1 Å². The number of benzene rings is 1. The van der Waals surface area contributed by atoms with Crippen LogP contribution in [0.1, 0.15) is 50.4 Å². The summed E-state index contributed by atoms with van der Waals surface area (Å²) in [7, 11) is 2.01. The zero-order valence-electron chi connectivity index (χ0n) is 16.9. The van der Waals surface area contributed by atoms with Crippen LogP contribution in [0.2, 0.25) is 0 Å². The third-order valence-corrected chi connectivity index (χ3v) is 6.58. The highest BCUT2D eigenvalue weighted by atomic mass is 32.2. The van der Waals surface area contributed by atoms with Crippen LogP contribution in [0.15, 0.2) is 30.6 Å². The van der Waals surface area contributed by atoms with Crippen LogP contribution < -0.4 is 5.32 Å². The molecular formula is C20H27N7OS. The molecule has 1 fully saturated rings. The fourth-order valence-corrected chi connectivity index (χ4v) is 4.80. The van der Waals surface area contributed by atoms with Crippen LogP contribution in [0.5, 0.6) is 0 Å². The van der Waals surface area contributed by atoms with Crippen molar-refractivity contribution >= 4 is 28.7 Å². The Morgan fingerprint density at radius 1 is 1.28 bits per heavy atom. The highest BCUT2D eigenvalue weighted by molar-refractivity contribution is 7.98. The SMILES string of the molecule is CSCCC(NC(=O)C1(n2cnnn2)CCCCC1)c1nc2ccccc2n1C. The molecule has 0 radical (unpaired) electrons. The zero-order chi connectivity index (χ0) is 20.3. The number of amides is 1. The van der Waals surface area contributed by atoms with E-state index in [2.05, 4.69) is 37.7 Å². The Balaban J connectivity index is 1.66. The Hall–Kier alpha value is -2.42. The van der Waals surface area contributed by atoms with Crippen molar-refractivity contribution in [2.75, 3.05) is 12.0 Å². The lowest BCUT2D eigenvalue weighted by atomic mass is 9.80. The van der Waals surface area contributed by atoms with Crippen molar-refractivity contribution in [2.45, 2.75) is 50.1 Å². The predicted octanol–water partition coefficient (Wildman–Crippen LogP) is 2.83. The number of fused-ring (bicyclic) bond motifs is 1. The first-order chi connectivity index (χ1) is 14.2. The van der Waals surface area contributed by atoms with Crippen molar-refractivity contribution in [3.05, 3.63) is 36.4 Å². The van der Waals surface area contributed by atoms with Gasteiger partial charge in [-0.25, -0.2) is 9.67 Å². The molecule has 1 saturated carbocycles. The molecule has 0 spiro atoms. The van der Waals surface area contributed by atoms with Gasteiger partial charge in [-0.1, -0.05) is 31.4 Å². The van der Waals surface area contributed by atoms with Gasteiger partial charge in [-0.15, -0.1) is 5.10 Å². The van der Waals surface area contributed by atoms with Crippen molar-refractivity contribution in [3.63, 3.8) is 0 Å². The van der Waals surface area contributed by atoms with E-state index in [4.69, 9.17) is 4.98 Å². The fourth-order valence-electron chi connectivity index (χ4n) is 4.32. The molecule has 4 rings (SSSR count). The first kappa shape index (κ1) is 19.9. The Morgan fingerprint density at radius 3 is 2.76 bits per heavy atom. The molecular weight excluding hydrogens is 386 g/mol. The maximum absolute atomic E-state index is 13.6. The van der Waals surface area contributed by atoms with Crippen LogP contribution in [0.3, 0.4) is 0 Å². The number of imidazole rings is 1. The van der Waals surface area contributed by atoms with E-state index in [-0.39, 0.29) is 11.9 Å². The standard InChI is InChI=1S/C20H27N7OS/c1-26-17-9-5-4-8-15(17)22-18(26)16(10-13-29-2)23-19(28)20(11-6-3-7-12-20)27-14-21-24-25-27/h4-5,8-9,14,16H,3,6-7,10-13H2,1-2H3,(H,23,28). The summed E-state index contributed by atoms with van der Waals surface area (Å²) >= 11 is 1.77. The van der Waals surface area contributed by atoms with Crippen molar-refractivity contribution in [2.24, 2.45) is 7.05 Å². The van der Waals surface area contributed by atoms with Crippen molar-refractivity contribution < 1.29 is 4.79 Å². The topological polar surface area (TPSA) is 90.5 Å². The first-order valence-corrected chi connectivity index (χ1v) is 11.5. The largest absolute Gasteiger partial charge is 0.344 e. The average molecular weight is 414 g/mol. The van der Waals surface area contributed by atoms with Crippen molar-refractivity contribution in [1.82, 2.24) is 35.1 Å². The molecule has 29 heavy (non-hydrogen) atoms. The van der Waals surface area contributed by atoms with E-state index in [9.17, 15) is 4.79 Å². The summed E-state index contributed by atoms with van der Waals surface area (Å²) < 4.78 is 3.74. The second-order valence-electron chi connectivity index (χ2n) is 7.67. The van der Waals surface area contributed by atoms with Crippen LogP contribution in [0, 0.1) is 0 Å². The normalized spacial score (nSPS) is 17.3. The van der Waals surface area contributed by atoms with Crippen LogP contribution >= 0.6 is 11.8 Å². The summed E-state index contributed by atoms with van der Waals surface area (Å²) in [5, 5.41) is 15.0. The fraction of sp³-hybridized carbons (Fsp3) is 0.550. The van der Waals surface area contributed by atoms with Crippen LogP contribution in [-0.2, 0) is 17.4 Å². The number of tetrazole rings is 1. The molecule has 1 aromatic carbocycles. The number of para-hydroxylation sites is 2. The molecule has 154 valence electrons. The van der Waals surface area contributed by atoms with Gasteiger partial charge >= 0.3 is 0 Å². The number of hydrogen-bond donors (Lipinski definition) is 1. The number of thioether (sulfide) groups is 1. The summed E-state index contributed by atoms with van der Waals surface area (Å²) in [5.41, 5.74) is 1.30. The summed E-state index contributed by atoms with van der Waals surface area (Å²) in [5.74, 6) is 1.81. The molecule has 8 nitrogen and oxygen atoms in total. The van der Waals surface area contributed by atoms with E-state index < -0.39 is 5.54 Å². The Morgan fingerprint density at radius 2 is 2.07 bits per heavy atom. The number of carbonyl (C=O) groups is 1. The third-order valence-electron chi connectivity index (χ3n) is 5.94. The van der Waals surface area contributed by atoms with Gasteiger partial charge < -0.3 is 9.88 Å². The zero-order valence-corrected chi connectivity index (χ0v) is 17.7. The molecule has 0 aliphatic heterocycles. The maximum Gasteiger partial charge on any atom is 0.248 e. The molecule has 1 amide bonds. The number of nitrogens with zero attached hydrogens (tertiary/aromatic N) is 6. The van der Waals surface area contributed by atoms with Gasteiger partial charge in [0, 0.05) is 7.05 Å². The summed E-state index contributed by atoms with van der Waals surface area (Å²) in [4.78, 5) is 18.5. The number of rotatable bonds is 7. The maximum atomic E-state index is 13.6. The molecule has 3 aromatic rings. The monoisotopic (exact) mass is 413 g/mol. The second kappa shape index (κ2) is 8.52. The second-order valence-corrected chi connectivity index (χ2v) is 8.66. The van der Waals surface area contributed by atoms with E-state index >= 15 is 0 Å². The Bertz CT molecular complexity index is 963. The van der Waals surface area contributed by atoms with E-state index in [1.54, 1.807) is 22.8 Å². The molecule has 1 aliphatic rings. The highest BCUT2D eigenvalue weighted by Crippen LogP contribution is 2.35. The lowest BCUT2D eigenvalue weighted by Gasteiger charge is -2.36. The van der Waals surface area contributed by atoms with Gasteiger partial charge in [0.15, 0.2) is 0 Å². The van der Waals surface area contributed by atoms with Crippen LogP contribution in [-0.4, -0.2) is 47.7 Å². The van der Waals surface area contributed by atoms with Crippen molar-refractivity contribution in [3.8, 4) is 0 Å². The predicted molar refractivity (Wildman–Crippen MR) is 113 cm³/mol. The first-order valence-electron chi connectivity index (χ1n) is 10.1. The molecule has 2 heterocycles. The number of aryl methyl sites for hydroxylation is 1. The number of hydrogen-bond acceptors (Lipinski definition) is 6. The lowest BCUT2D eigenvalue weighted by molar-refractivity contribution is -0.133. The molecule has 1 unspecified atom stereocenters. The summed E-state index contributed by atoms with van der Waals surface area (Å²) in [6.07, 6.45) is 9.09. The van der Waals surface area contributed by atoms with Gasteiger partial charge in [0.2, 0.25) is 5.91 Å². The van der Waals surface area contributed by atoms with Gasteiger partial charge in [-0.2, -0.15) is 11.8 Å². The molecule has 2 aromatic heterocycles.